The van der Waals surface area contributed by atoms with E-state index >= 15 is 0 Å². The highest BCUT2D eigenvalue weighted by Gasteiger charge is 2.40. The fraction of sp³-hybridized carbons (Fsp3) is 0.194. The van der Waals surface area contributed by atoms with Crippen molar-refractivity contribution < 1.29 is 23.5 Å². The first-order valence-electron chi connectivity index (χ1n) is 13.0. The molecule has 4 heterocycles. The zero-order valence-electron chi connectivity index (χ0n) is 21.8. The maximum absolute atomic E-state index is 12.8. The Morgan fingerprint density at radius 1 is 0.950 bits per heavy atom. The summed E-state index contributed by atoms with van der Waals surface area (Å²) in [7, 11) is 0. The van der Waals surface area contributed by atoms with Crippen molar-refractivity contribution in [3.63, 3.8) is 0 Å². The number of nitrogens with one attached hydrogen (secondary N) is 1. The molecule has 2 aromatic heterocycles. The number of pyridine rings is 1. The number of piperidine rings is 1. The molecule has 1 saturated heterocycles. The first kappa shape index (κ1) is 26.7. The van der Waals surface area contributed by atoms with E-state index in [0.717, 1.165) is 27.9 Å². The Morgan fingerprint density at radius 3 is 2.42 bits per heavy atom. The minimum absolute atomic E-state index is 0.206. The van der Waals surface area contributed by atoms with Gasteiger partial charge in [0.15, 0.2) is 0 Å². The zero-order chi connectivity index (χ0) is 27.9. The summed E-state index contributed by atoms with van der Waals surface area (Å²) in [6.07, 6.45) is 5.64. The van der Waals surface area contributed by atoms with Crippen LogP contribution in [0.25, 0.3) is 11.3 Å². The standard InChI is InChI=1S/C21H21N3O4.C10H8NO/c22-10-13-4-6-14(7-5-13)12-28-18-3-1-2-15-16(18)11-24(21(15)27)17-8-9-19(25)23-20(17)26;1-2-6-11-10(3-1)9-4-7-12-8-5-9/h1-7,17H,8-12,22H2,(H,23,25,26);1-8H/q;+1. The van der Waals surface area contributed by atoms with Gasteiger partial charge in [-0.15, -0.1) is 0 Å². The lowest BCUT2D eigenvalue weighted by Crippen LogP contribution is -2.52. The number of rotatable bonds is 6. The lowest BCUT2D eigenvalue weighted by Gasteiger charge is -2.29. The number of nitrogens with two attached hydrogens (primary N) is 1. The molecule has 1 atom stereocenters. The van der Waals surface area contributed by atoms with Crippen LogP contribution in [0.2, 0.25) is 0 Å². The lowest BCUT2D eigenvalue weighted by atomic mass is 10.0. The average molecular weight is 538 g/mol. The number of carbonyl (C=O) groups excluding carboxylic acids is 3. The Balaban J connectivity index is 0.000000223. The van der Waals surface area contributed by atoms with Crippen molar-refractivity contribution in [3.05, 3.63) is 114 Å². The van der Waals surface area contributed by atoms with Gasteiger partial charge in [0.1, 0.15) is 18.4 Å². The second-order valence-corrected chi connectivity index (χ2v) is 9.40. The zero-order valence-corrected chi connectivity index (χ0v) is 21.8. The summed E-state index contributed by atoms with van der Waals surface area (Å²) >= 11 is 0. The number of fused-ring (bicyclic) bond motifs is 1. The van der Waals surface area contributed by atoms with E-state index in [9.17, 15) is 14.4 Å². The molecule has 0 aliphatic carbocycles. The second kappa shape index (κ2) is 12.3. The van der Waals surface area contributed by atoms with Gasteiger partial charge in [0.2, 0.25) is 11.8 Å². The van der Waals surface area contributed by atoms with Crippen LogP contribution in [-0.4, -0.2) is 33.6 Å². The van der Waals surface area contributed by atoms with Crippen LogP contribution < -0.4 is 15.8 Å². The van der Waals surface area contributed by atoms with Crippen LogP contribution in [0, 0.1) is 0 Å². The van der Waals surface area contributed by atoms with Gasteiger partial charge in [-0.2, -0.15) is 0 Å². The van der Waals surface area contributed by atoms with Gasteiger partial charge in [0, 0.05) is 48.0 Å². The minimum atomic E-state index is -0.630. The van der Waals surface area contributed by atoms with E-state index in [-0.39, 0.29) is 18.2 Å². The highest BCUT2D eigenvalue weighted by atomic mass is 16.5. The summed E-state index contributed by atoms with van der Waals surface area (Å²) in [4.78, 5) is 42.1. The van der Waals surface area contributed by atoms with Gasteiger partial charge >= 0.3 is 12.5 Å². The molecule has 40 heavy (non-hydrogen) atoms. The summed E-state index contributed by atoms with van der Waals surface area (Å²) in [6, 6.07) is 22.2. The highest BCUT2D eigenvalue weighted by molar-refractivity contribution is 6.05. The normalized spacial score (nSPS) is 16.1. The van der Waals surface area contributed by atoms with Crippen LogP contribution in [0.5, 0.6) is 5.75 Å². The van der Waals surface area contributed by atoms with Gasteiger partial charge in [-0.1, -0.05) is 36.4 Å². The summed E-state index contributed by atoms with van der Waals surface area (Å²) < 4.78 is 10.9. The molecule has 0 radical (unpaired) electrons. The number of nitrogens with zero attached hydrogens (tertiary/aromatic N) is 2. The molecule has 0 spiro atoms. The Hall–Kier alpha value is -4.89. The molecule has 0 saturated carbocycles. The number of hydrogen-bond donors (Lipinski definition) is 2. The van der Waals surface area contributed by atoms with Crippen molar-refractivity contribution in [1.82, 2.24) is 15.2 Å². The van der Waals surface area contributed by atoms with Crippen molar-refractivity contribution >= 4 is 17.7 Å². The van der Waals surface area contributed by atoms with Crippen LogP contribution in [0.4, 0.5) is 0 Å². The molecule has 3 amide bonds. The first-order valence-corrected chi connectivity index (χ1v) is 13.0. The monoisotopic (exact) mass is 537 g/mol. The Morgan fingerprint density at radius 2 is 1.73 bits per heavy atom. The lowest BCUT2D eigenvalue weighted by molar-refractivity contribution is -0.136. The number of aromatic nitrogens is 1. The van der Waals surface area contributed by atoms with Gasteiger partial charge in [0.05, 0.1) is 12.2 Å². The third kappa shape index (κ3) is 6.05. The minimum Gasteiger partial charge on any atom is -0.489 e. The van der Waals surface area contributed by atoms with E-state index in [1.807, 2.05) is 60.7 Å². The predicted octanol–water partition coefficient (Wildman–Crippen LogP) is 4.11. The molecular formula is C31H29N4O5+. The quantitative estimate of drug-likeness (QED) is 0.280. The van der Waals surface area contributed by atoms with Gasteiger partial charge in [-0.05, 0) is 41.8 Å². The second-order valence-electron chi connectivity index (χ2n) is 9.40. The molecule has 1 unspecified atom stereocenters. The fourth-order valence-electron chi connectivity index (χ4n) is 4.66. The van der Waals surface area contributed by atoms with Gasteiger partial charge in [-0.3, -0.25) is 24.7 Å². The van der Waals surface area contributed by atoms with Crippen molar-refractivity contribution in [1.29, 1.82) is 0 Å². The van der Waals surface area contributed by atoms with E-state index in [1.165, 1.54) is 4.90 Å². The summed E-state index contributed by atoms with van der Waals surface area (Å²) in [6.45, 7) is 1.16. The van der Waals surface area contributed by atoms with Gasteiger partial charge in [-0.25, -0.2) is 4.42 Å². The largest absolute Gasteiger partial charge is 0.489 e. The van der Waals surface area contributed by atoms with E-state index in [4.69, 9.17) is 14.9 Å². The third-order valence-corrected chi connectivity index (χ3v) is 6.81. The molecule has 2 aliphatic rings. The van der Waals surface area contributed by atoms with Crippen LogP contribution in [0.3, 0.4) is 0 Å². The molecule has 1 fully saturated rings. The molecule has 9 heteroatoms. The molecule has 202 valence electrons. The predicted molar refractivity (Wildman–Crippen MR) is 147 cm³/mol. The highest BCUT2D eigenvalue weighted by Crippen LogP contribution is 2.34. The first-order chi connectivity index (χ1) is 19.5. The average Bonchev–Trinajstić information content (AvgIpc) is 3.34. The maximum Gasteiger partial charge on any atom is 0.318 e. The van der Waals surface area contributed by atoms with E-state index in [1.54, 1.807) is 30.9 Å². The Labute approximate surface area is 231 Å². The molecule has 3 N–H and O–H groups in total. The van der Waals surface area contributed by atoms with Crippen LogP contribution in [0.15, 0.2) is 95.9 Å². The summed E-state index contributed by atoms with van der Waals surface area (Å²) in [5.74, 6) is -0.291. The number of benzene rings is 2. The summed E-state index contributed by atoms with van der Waals surface area (Å²) in [5, 5.41) is 2.31. The van der Waals surface area contributed by atoms with Crippen molar-refractivity contribution in [2.24, 2.45) is 5.73 Å². The van der Waals surface area contributed by atoms with Crippen molar-refractivity contribution in [2.45, 2.75) is 38.6 Å². The smallest absolute Gasteiger partial charge is 0.318 e. The van der Waals surface area contributed by atoms with Gasteiger partial charge in [0.25, 0.3) is 5.91 Å². The van der Waals surface area contributed by atoms with E-state index < -0.39 is 11.9 Å². The molecule has 6 rings (SSSR count). The topological polar surface area (TPSA) is 126 Å². The Kier molecular flexibility index (Phi) is 8.22. The molecule has 2 aromatic carbocycles. The van der Waals surface area contributed by atoms with Crippen molar-refractivity contribution in [3.8, 4) is 17.0 Å². The molecule has 2 aliphatic heterocycles. The number of imide groups is 1. The number of ether oxygens (including phenoxy) is 1. The maximum atomic E-state index is 12.8. The number of amides is 3. The third-order valence-electron chi connectivity index (χ3n) is 6.81. The molecular weight excluding hydrogens is 508 g/mol. The van der Waals surface area contributed by atoms with E-state index in [2.05, 4.69) is 10.3 Å². The van der Waals surface area contributed by atoms with Crippen molar-refractivity contribution in [2.75, 3.05) is 0 Å². The fourth-order valence-corrected chi connectivity index (χ4v) is 4.66. The number of hydrogen-bond acceptors (Lipinski definition) is 6. The Bertz CT molecular complexity index is 1460. The molecule has 0 bridgehead atoms. The molecule has 9 nitrogen and oxygen atoms in total. The molecule has 4 aromatic rings. The number of carbonyl (C=O) groups is 3. The van der Waals surface area contributed by atoms with Crippen LogP contribution in [0.1, 0.15) is 39.9 Å². The SMILES string of the molecule is NCc1ccc(COc2cccc3c2CN(C2CCC(=O)NC2=O)C3=O)cc1.c1ccc(-c2cc[o+]cc2)nc1. The summed E-state index contributed by atoms with van der Waals surface area (Å²) in [5.41, 5.74) is 11.0. The van der Waals surface area contributed by atoms with Crippen LogP contribution in [-0.2, 0) is 29.3 Å². The van der Waals surface area contributed by atoms with E-state index in [0.29, 0.717) is 37.4 Å². The van der Waals surface area contributed by atoms with Crippen LogP contribution >= 0.6 is 0 Å². The van der Waals surface area contributed by atoms with Gasteiger partial charge < -0.3 is 15.4 Å².